The highest BCUT2D eigenvalue weighted by Gasteiger charge is 2.05. The fraction of sp³-hybridized carbons (Fsp3) is 0.667. The Morgan fingerprint density at radius 1 is 1.20 bits per heavy atom. The zero-order valence-electron chi connectivity index (χ0n) is 12.0. The molecule has 1 heterocycles. The average Bonchev–Trinajstić information content (AvgIpc) is 2.34. The summed E-state index contributed by atoms with van der Waals surface area (Å²) in [6, 6.07) is 1.82. The van der Waals surface area contributed by atoms with E-state index in [1.165, 1.54) is 0 Å². The van der Waals surface area contributed by atoms with Gasteiger partial charge < -0.3 is 10.6 Å². The van der Waals surface area contributed by atoms with Crippen molar-refractivity contribution in [3.05, 3.63) is 11.9 Å². The predicted octanol–water partition coefficient (Wildman–Crippen LogP) is 0.951. The van der Waals surface area contributed by atoms with E-state index in [0.29, 0.717) is 18.8 Å². The molecule has 0 unspecified atom stereocenters. The maximum atomic E-state index is 10.8. The van der Waals surface area contributed by atoms with Crippen LogP contribution in [0.2, 0.25) is 0 Å². The lowest BCUT2D eigenvalue weighted by Crippen LogP contribution is -2.19. The van der Waals surface area contributed by atoms with Gasteiger partial charge in [0.1, 0.15) is 17.5 Å². The summed E-state index contributed by atoms with van der Waals surface area (Å²) in [6.07, 6.45) is 2.23. The van der Waals surface area contributed by atoms with Gasteiger partial charge in [0.05, 0.1) is 5.75 Å². The fourth-order valence-corrected chi connectivity index (χ4v) is 2.23. The van der Waals surface area contributed by atoms with Crippen LogP contribution in [0.25, 0.3) is 0 Å². The highest BCUT2D eigenvalue weighted by Crippen LogP contribution is 2.12. The van der Waals surface area contributed by atoms with Crippen LogP contribution in [-0.4, -0.2) is 37.2 Å². The number of anilines is 2. The molecule has 0 aliphatic rings. The van der Waals surface area contributed by atoms with Gasteiger partial charge in [-0.3, -0.25) is 0 Å². The van der Waals surface area contributed by atoms with Crippen LogP contribution in [0.4, 0.5) is 11.6 Å². The molecule has 1 aromatic rings. The van der Waals surface area contributed by atoms with E-state index in [1.54, 1.807) is 0 Å². The maximum absolute atomic E-state index is 10.8. The van der Waals surface area contributed by atoms with Crippen LogP contribution in [0.3, 0.4) is 0 Å². The molecule has 0 atom stereocenters. The van der Waals surface area contributed by atoms with Crippen LogP contribution in [-0.2, 0) is 16.4 Å². The van der Waals surface area contributed by atoms with E-state index < -0.39 is 10.0 Å². The van der Waals surface area contributed by atoms with E-state index in [-0.39, 0.29) is 5.75 Å². The third kappa shape index (κ3) is 6.67. The van der Waals surface area contributed by atoms with Crippen molar-refractivity contribution in [3.63, 3.8) is 0 Å². The Kier molecular flexibility index (Phi) is 6.66. The minimum atomic E-state index is -3.40. The van der Waals surface area contributed by atoms with Crippen molar-refractivity contribution < 1.29 is 8.42 Å². The lowest BCUT2D eigenvalue weighted by Gasteiger charge is -2.10. The van der Waals surface area contributed by atoms with Crippen molar-refractivity contribution in [1.82, 2.24) is 9.97 Å². The van der Waals surface area contributed by atoms with Crippen LogP contribution in [0.1, 0.15) is 32.5 Å². The first-order valence-electron chi connectivity index (χ1n) is 6.80. The molecule has 4 N–H and O–H groups in total. The van der Waals surface area contributed by atoms with Gasteiger partial charge in [-0.05, 0) is 19.8 Å². The lowest BCUT2D eigenvalue weighted by molar-refractivity contribution is 0.595. The Labute approximate surface area is 120 Å². The number of nitrogens with two attached hydrogens (primary N) is 1. The minimum absolute atomic E-state index is 0.0348. The monoisotopic (exact) mass is 301 g/mol. The SMILES string of the molecule is CCCc1nc(NCC)cc(NCCCS(N)(=O)=O)n1. The van der Waals surface area contributed by atoms with E-state index in [4.69, 9.17) is 5.14 Å². The van der Waals surface area contributed by atoms with E-state index in [0.717, 1.165) is 31.0 Å². The lowest BCUT2D eigenvalue weighted by atomic mass is 10.3. The molecule has 0 radical (unpaired) electrons. The number of sulfonamides is 1. The van der Waals surface area contributed by atoms with Crippen molar-refractivity contribution in [2.45, 2.75) is 33.1 Å². The molecule has 0 bridgehead atoms. The van der Waals surface area contributed by atoms with Crippen LogP contribution in [0.5, 0.6) is 0 Å². The molecule has 114 valence electrons. The highest BCUT2D eigenvalue weighted by molar-refractivity contribution is 7.89. The fourth-order valence-electron chi connectivity index (χ4n) is 1.68. The van der Waals surface area contributed by atoms with Crippen LogP contribution in [0, 0.1) is 0 Å². The molecule has 0 spiro atoms. The smallest absolute Gasteiger partial charge is 0.209 e. The van der Waals surface area contributed by atoms with E-state index in [9.17, 15) is 8.42 Å². The number of aromatic nitrogens is 2. The summed E-state index contributed by atoms with van der Waals surface area (Å²) in [6.45, 7) is 5.36. The topological polar surface area (TPSA) is 110 Å². The molecular formula is C12H23N5O2S. The highest BCUT2D eigenvalue weighted by atomic mass is 32.2. The second kappa shape index (κ2) is 8.01. The summed E-state index contributed by atoms with van der Waals surface area (Å²) in [5.74, 6) is 2.22. The number of aryl methyl sites for hydroxylation is 1. The van der Waals surface area contributed by atoms with Crippen molar-refractivity contribution in [2.75, 3.05) is 29.5 Å². The molecule has 0 amide bonds. The summed E-state index contributed by atoms with van der Waals surface area (Å²) in [7, 11) is -3.40. The van der Waals surface area contributed by atoms with E-state index in [2.05, 4.69) is 27.5 Å². The van der Waals surface area contributed by atoms with Crippen molar-refractivity contribution in [2.24, 2.45) is 5.14 Å². The zero-order chi connectivity index (χ0) is 15.0. The average molecular weight is 301 g/mol. The van der Waals surface area contributed by atoms with Gasteiger partial charge in [-0.15, -0.1) is 0 Å². The number of rotatable bonds is 9. The third-order valence-corrected chi connectivity index (χ3v) is 3.37. The number of nitrogens with one attached hydrogen (secondary N) is 2. The molecule has 1 rings (SSSR count). The molecule has 7 nitrogen and oxygen atoms in total. The number of nitrogens with zero attached hydrogens (tertiary/aromatic N) is 2. The van der Waals surface area contributed by atoms with E-state index in [1.807, 2.05) is 13.0 Å². The first kappa shape index (κ1) is 16.6. The van der Waals surface area contributed by atoms with E-state index >= 15 is 0 Å². The van der Waals surface area contributed by atoms with Gasteiger partial charge in [-0.25, -0.2) is 23.5 Å². The second-order valence-corrected chi connectivity index (χ2v) is 6.22. The van der Waals surface area contributed by atoms with Gasteiger partial charge in [0.15, 0.2) is 0 Å². The standard InChI is InChI=1S/C12H23N5O2S/c1-3-6-10-16-11(14-4-2)9-12(17-10)15-7-5-8-20(13,18)19/h9H,3-8H2,1-2H3,(H2,13,18,19)(H2,14,15,16,17). The molecule has 0 aliphatic carbocycles. The van der Waals surface area contributed by atoms with Gasteiger partial charge in [-0.2, -0.15) is 0 Å². The van der Waals surface area contributed by atoms with Crippen LogP contribution >= 0.6 is 0 Å². The molecule has 0 aromatic carbocycles. The molecule has 0 saturated carbocycles. The largest absolute Gasteiger partial charge is 0.370 e. The summed E-state index contributed by atoms with van der Waals surface area (Å²) >= 11 is 0. The second-order valence-electron chi connectivity index (χ2n) is 4.48. The van der Waals surface area contributed by atoms with Gasteiger partial charge in [-0.1, -0.05) is 6.92 Å². The quantitative estimate of drug-likeness (QED) is 0.586. The van der Waals surface area contributed by atoms with Crippen molar-refractivity contribution >= 4 is 21.7 Å². The van der Waals surface area contributed by atoms with Crippen molar-refractivity contribution in [3.8, 4) is 0 Å². The van der Waals surface area contributed by atoms with Gasteiger partial charge in [0.25, 0.3) is 0 Å². The number of primary sulfonamides is 1. The van der Waals surface area contributed by atoms with Gasteiger partial charge >= 0.3 is 0 Å². The molecular weight excluding hydrogens is 278 g/mol. The van der Waals surface area contributed by atoms with Gasteiger partial charge in [0.2, 0.25) is 10.0 Å². The Morgan fingerprint density at radius 2 is 1.85 bits per heavy atom. The number of hydrogen-bond donors (Lipinski definition) is 3. The normalized spacial score (nSPS) is 11.3. The van der Waals surface area contributed by atoms with Gasteiger partial charge in [0, 0.05) is 25.6 Å². The summed E-state index contributed by atoms with van der Waals surface area (Å²) in [4.78, 5) is 8.80. The molecule has 1 aromatic heterocycles. The van der Waals surface area contributed by atoms with Crippen LogP contribution in [0.15, 0.2) is 6.07 Å². The molecule has 0 fully saturated rings. The zero-order valence-corrected chi connectivity index (χ0v) is 12.8. The maximum Gasteiger partial charge on any atom is 0.209 e. The molecule has 20 heavy (non-hydrogen) atoms. The Bertz CT molecular complexity index is 494. The first-order valence-corrected chi connectivity index (χ1v) is 8.52. The Hall–Kier alpha value is -1.41. The molecule has 0 saturated heterocycles. The first-order chi connectivity index (χ1) is 9.44. The van der Waals surface area contributed by atoms with Crippen LogP contribution < -0.4 is 15.8 Å². The van der Waals surface area contributed by atoms with Crippen molar-refractivity contribution in [1.29, 1.82) is 0 Å². The summed E-state index contributed by atoms with van der Waals surface area (Å²) in [5, 5.41) is 11.2. The molecule has 0 aliphatic heterocycles. The Balaban J connectivity index is 2.63. The number of hydrogen-bond acceptors (Lipinski definition) is 6. The predicted molar refractivity (Wildman–Crippen MR) is 81.3 cm³/mol. The summed E-state index contributed by atoms with van der Waals surface area (Å²) in [5.41, 5.74) is 0. The Morgan fingerprint density at radius 3 is 2.40 bits per heavy atom. The summed E-state index contributed by atoms with van der Waals surface area (Å²) < 4.78 is 21.7. The minimum Gasteiger partial charge on any atom is -0.370 e. The third-order valence-electron chi connectivity index (χ3n) is 2.52. The molecule has 8 heteroatoms.